The monoisotopic (exact) mass is 502 g/mol. The molecule has 1 saturated heterocycles. The standard InChI is InChI=1S/C30H38N2O3Si/c1-30(2,3)36(26-15-8-6-9-16-26,27-17-10-7-11-18-27)35-28(29(33)34-5)24-13-12-14-25(23-24)32-21-19-31(4)20-22-32/h6-18,23,28H,19-22H2,1-5H3. The second kappa shape index (κ2) is 11.0. The molecule has 0 bridgehead atoms. The number of nitrogens with zero attached hydrogens (tertiary/aromatic N) is 2. The fourth-order valence-corrected chi connectivity index (χ4v) is 9.78. The Morgan fingerprint density at radius 1 is 0.833 bits per heavy atom. The van der Waals surface area contributed by atoms with Crippen LogP contribution in [0.15, 0.2) is 84.9 Å². The molecule has 1 aliphatic rings. The molecule has 0 aromatic heterocycles. The molecule has 36 heavy (non-hydrogen) atoms. The van der Waals surface area contributed by atoms with Crippen molar-refractivity contribution in [2.45, 2.75) is 31.9 Å². The van der Waals surface area contributed by atoms with Crippen molar-refractivity contribution in [1.29, 1.82) is 0 Å². The quantitative estimate of drug-likeness (QED) is 0.357. The largest absolute Gasteiger partial charge is 0.467 e. The summed E-state index contributed by atoms with van der Waals surface area (Å²) in [6.07, 6.45) is -0.839. The van der Waals surface area contributed by atoms with Gasteiger partial charge in [-0.05, 0) is 40.2 Å². The van der Waals surface area contributed by atoms with Crippen LogP contribution in [0.3, 0.4) is 0 Å². The average Bonchev–Trinajstić information content (AvgIpc) is 2.90. The van der Waals surface area contributed by atoms with E-state index in [1.165, 1.54) is 7.11 Å². The fraction of sp³-hybridized carbons (Fsp3) is 0.367. The second-order valence-electron chi connectivity index (χ2n) is 10.6. The van der Waals surface area contributed by atoms with Crippen molar-refractivity contribution >= 4 is 30.3 Å². The lowest BCUT2D eigenvalue weighted by atomic mass is 10.1. The van der Waals surface area contributed by atoms with Crippen LogP contribution < -0.4 is 15.3 Å². The predicted octanol–water partition coefficient (Wildman–Crippen LogP) is 4.23. The minimum atomic E-state index is -2.96. The number of hydrogen-bond acceptors (Lipinski definition) is 5. The van der Waals surface area contributed by atoms with E-state index in [2.05, 4.69) is 98.3 Å². The first kappa shape index (κ1) is 26.1. The van der Waals surface area contributed by atoms with Crippen molar-refractivity contribution in [3.8, 4) is 0 Å². The summed E-state index contributed by atoms with van der Waals surface area (Å²) in [6.45, 7) is 10.6. The summed E-state index contributed by atoms with van der Waals surface area (Å²) in [5.41, 5.74) is 1.94. The molecule has 6 heteroatoms. The van der Waals surface area contributed by atoms with Crippen LogP contribution in [0.25, 0.3) is 0 Å². The normalized spacial score (nSPS) is 16.0. The van der Waals surface area contributed by atoms with Gasteiger partial charge in [0.15, 0.2) is 6.10 Å². The summed E-state index contributed by atoms with van der Waals surface area (Å²) >= 11 is 0. The molecule has 0 amide bonds. The van der Waals surface area contributed by atoms with Gasteiger partial charge in [0.25, 0.3) is 8.32 Å². The number of ether oxygens (including phenoxy) is 1. The highest BCUT2D eigenvalue weighted by atomic mass is 28.4. The van der Waals surface area contributed by atoms with Crippen molar-refractivity contribution in [3.05, 3.63) is 90.5 Å². The molecule has 0 aliphatic carbocycles. The number of carbonyl (C=O) groups is 1. The third-order valence-corrected chi connectivity index (χ3v) is 12.2. The first-order chi connectivity index (χ1) is 17.3. The van der Waals surface area contributed by atoms with E-state index in [0.29, 0.717) is 0 Å². The van der Waals surface area contributed by atoms with E-state index in [4.69, 9.17) is 9.16 Å². The zero-order valence-corrected chi connectivity index (χ0v) is 23.1. The van der Waals surface area contributed by atoms with E-state index in [9.17, 15) is 4.79 Å². The number of methoxy groups -OCH3 is 1. The first-order valence-electron chi connectivity index (χ1n) is 12.7. The fourth-order valence-electron chi connectivity index (χ4n) is 5.18. The van der Waals surface area contributed by atoms with Gasteiger partial charge in [-0.15, -0.1) is 0 Å². The van der Waals surface area contributed by atoms with Gasteiger partial charge in [-0.3, -0.25) is 0 Å². The van der Waals surface area contributed by atoms with Crippen molar-refractivity contribution in [1.82, 2.24) is 4.90 Å². The first-order valence-corrected chi connectivity index (χ1v) is 14.6. The van der Waals surface area contributed by atoms with Crippen LogP contribution in [0.2, 0.25) is 5.04 Å². The number of piperazine rings is 1. The van der Waals surface area contributed by atoms with E-state index < -0.39 is 14.4 Å². The summed E-state index contributed by atoms with van der Waals surface area (Å²) in [4.78, 5) is 18.1. The molecule has 0 spiro atoms. The Kier molecular flexibility index (Phi) is 7.98. The molecule has 190 valence electrons. The molecule has 0 N–H and O–H groups in total. The minimum absolute atomic E-state index is 0.253. The average molecular weight is 503 g/mol. The number of carbonyl (C=O) groups excluding carboxylic acids is 1. The summed E-state index contributed by atoms with van der Waals surface area (Å²) < 4.78 is 12.5. The molecule has 5 nitrogen and oxygen atoms in total. The van der Waals surface area contributed by atoms with Gasteiger partial charge in [-0.25, -0.2) is 4.79 Å². The number of esters is 1. The Morgan fingerprint density at radius 2 is 1.39 bits per heavy atom. The highest BCUT2D eigenvalue weighted by Crippen LogP contribution is 2.40. The van der Waals surface area contributed by atoms with Gasteiger partial charge < -0.3 is 19.0 Å². The molecule has 1 aliphatic heterocycles. The van der Waals surface area contributed by atoms with E-state index in [1.807, 2.05) is 24.3 Å². The smallest absolute Gasteiger partial charge is 0.338 e. The van der Waals surface area contributed by atoms with Crippen molar-refractivity contribution < 1.29 is 14.0 Å². The lowest BCUT2D eigenvalue weighted by Gasteiger charge is -2.44. The van der Waals surface area contributed by atoms with E-state index in [0.717, 1.165) is 47.8 Å². The minimum Gasteiger partial charge on any atom is -0.467 e. The molecule has 1 atom stereocenters. The van der Waals surface area contributed by atoms with Gasteiger partial charge in [0.1, 0.15) is 0 Å². The van der Waals surface area contributed by atoms with Crippen LogP contribution in [0.4, 0.5) is 5.69 Å². The number of anilines is 1. The number of rotatable bonds is 7. The maximum Gasteiger partial charge on any atom is 0.338 e. The van der Waals surface area contributed by atoms with Crippen LogP contribution in [0.1, 0.15) is 32.4 Å². The molecule has 0 saturated carbocycles. The summed E-state index contributed by atoms with van der Waals surface area (Å²) in [5.74, 6) is -0.376. The summed E-state index contributed by atoms with van der Waals surface area (Å²) in [5, 5.41) is 2.01. The molecular weight excluding hydrogens is 464 g/mol. The van der Waals surface area contributed by atoms with Crippen LogP contribution in [-0.2, 0) is 14.0 Å². The second-order valence-corrected chi connectivity index (χ2v) is 14.8. The predicted molar refractivity (Wildman–Crippen MR) is 150 cm³/mol. The zero-order chi connectivity index (χ0) is 25.8. The van der Waals surface area contributed by atoms with Crippen LogP contribution in [0, 0.1) is 0 Å². The Bertz CT molecular complexity index is 1100. The SMILES string of the molecule is COC(=O)C(O[Si](c1ccccc1)(c1ccccc1)C(C)(C)C)c1cccc(N2CCN(C)CC2)c1. The molecule has 1 unspecified atom stereocenters. The lowest BCUT2D eigenvalue weighted by molar-refractivity contribution is -0.149. The Hall–Kier alpha value is -2.93. The number of likely N-dealkylation sites (N-methyl/N-ethyl adjacent to an activating group) is 1. The molecule has 3 aromatic rings. The Labute approximate surface area is 216 Å². The Morgan fingerprint density at radius 3 is 1.89 bits per heavy atom. The van der Waals surface area contributed by atoms with Gasteiger partial charge >= 0.3 is 5.97 Å². The third-order valence-electron chi connectivity index (χ3n) is 7.17. The van der Waals surface area contributed by atoms with Crippen LogP contribution in [0.5, 0.6) is 0 Å². The van der Waals surface area contributed by atoms with Crippen molar-refractivity contribution in [3.63, 3.8) is 0 Å². The highest BCUT2D eigenvalue weighted by molar-refractivity contribution is 6.99. The molecule has 0 radical (unpaired) electrons. The number of hydrogen-bond donors (Lipinski definition) is 0. The van der Waals surface area contributed by atoms with E-state index in [1.54, 1.807) is 0 Å². The number of benzene rings is 3. The maximum absolute atomic E-state index is 13.4. The topological polar surface area (TPSA) is 42.0 Å². The summed E-state index contributed by atoms with van der Waals surface area (Å²) in [6, 6.07) is 29.0. The maximum atomic E-state index is 13.4. The van der Waals surface area contributed by atoms with E-state index in [-0.39, 0.29) is 11.0 Å². The van der Waals surface area contributed by atoms with Crippen LogP contribution >= 0.6 is 0 Å². The van der Waals surface area contributed by atoms with Gasteiger partial charge in [0, 0.05) is 31.9 Å². The molecule has 1 heterocycles. The van der Waals surface area contributed by atoms with Gasteiger partial charge in [0.05, 0.1) is 7.11 Å². The third kappa shape index (κ3) is 5.26. The van der Waals surface area contributed by atoms with E-state index >= 15 is 0 Å². The lowest BCUT2D eigenvalue weighted by Crippen LogP contribution is -2.67. The Balaban J connectivity index is 1.83. The van der Waals surface area contributed by atoms with Crippen molar-refractivity contribution in [2.75, 3.05) is 45.2 Å². The molecule has 1 fully saturated rings. The van der Waals surface area contributed by atoms with Gasteiger partial charge in [-0.1, -0.05) is 93.6 Å². The zero-order valence-electron chi connectivity index (χ0n) is 22.1. The van der Waals surface area contributed by atoms with Crippen LogP contribution in [-0.4, -0.2) is 59.5 Å². The molecule has 4 rings (SSSR count). The van der Waals surface area contributed by atoms with Gasteiger partial charge in [0.2, 0.25) is 0 Å². The van der Waals surface area contributed by atoms with Crippen molar-refractivity contribution in [2.24, 2.45) is 0 Å². The van der Waals surface area contributed by atoms with Gasteiger partial charge in [-0.2, -0.15) is 0 Å². The highest BCUT2D eigenvalue weighted by Gasteiger charge is 2.52. The molecule has 3 aromatic carbocycles. The summed E-state index contributed by atoms with van der Waals surface area (Å²) in [7, 11) is 0.629. The molecular formula is C30H38N2O3Si.